The Hall–Kier alpha value is -1.93. The first-order valence-corrected chi connectivity index (χ1v) is 7.33. The summed E-state index contributed by atoms with van der Waals surface area (Å²) in [6.45, 7) is 0.663. The minimum Gasteiger partial charge on any atom is -0.480 e. The zero-order valence-electron chi connectivity index (χ0n) is 10.8. The zero-order chi connectivity index (χ0) is 15.3. The van der Waals surface area contributed by atoms with E-state index in [0.717, 1.165) is 4.90 Å². The fourth-order valence-electron chi connectivity index (χ4n) is 1.62. The molecular weight excluding hydrogens is 286 g/mol. The Kier molecular flexibility index (Phi) is 5.23. The van der Waals surface area contributed by atoms with Gasteiger partial charge in [-0.05, 0) is 18.6 Å². The highest BCUT2D eigenvalue weighted by atomic mass is 32.2. The van der Waals surface area contributed by atoms with Gasteiger partial charge in [0.2, 0.25) is 0 Å². The Morgan fingerprint density at radius 2 is 1.85 bits per heavy atom. The van der Waals surface area contributed by atoms with Gasteiger partial charge in [0, 0.05) is 12.1 Å². The molecule has 0 aromatic heterocycles. The first kappa shape index (κ1) is 16.1. The molecule has 0 bridgehead atoms. The molecule has 110 valence electrons. The topological polar surface area (TPSA) is 112 Å². The number of aliphatic carboxylic acids is 1. The third-order valence-corrected chi connectivity index (χ3v) is 3.31. The Balaban J connectivity index is 2.96. The van der Waals surface area contributed by atoms with E-state index in [1.165, 1.54) is 6.07 Å². The van der Waals surface area contributed by atoms with Gasteiger partial charge >= 0.3 is 5.97 Å². The minimum atomic E-state index is -4.27. The maximum atomic E-state index is 12.2. The summed E-state index contributed by atoms with van der Waals surface area (Å²) in [5.74, 6) is -2.56. The van der Waals surface area contributed by atoms with Crippen LogP contribution < -0.4 is 0 Å². The molecule has 0 saturated heterocycles. The van der Waals surface area contributed by atoms with E-state index >= 15 is 0 Å². The third-order valence-electron chi connectivity index (χ3n) is 2.61. The number of carbonyl (C=O) groups is 2. The second kappa shape index (κ2) is 6.49. The van der Waals surface area contributed by atoms with E-state index < -0.39 is 40.8 Å². The lowest BCUT2D eigenvalue weighted by Gasteiger charge is -2.21. The second-order valence-corrected chi connectivity index (χ2v) is 5.79. The second-order valence-electron chi connectivity index (χ2n) is 4.22. The average Bonchev–Trinajstić information content (AvgIpc) is 2.33. The number of benzene rings is 1. The quantitative estimate of drug-likeness (QED) is 0.736. The van der Waals surface area contributed by atoms with Crippen molar-refractivity contribution in [2.24, 2.45) is 0 Å². The highest BCUT2D eigenvalue weighted by Gasteiger charge is 2.21. The van der Waals surface area contributed by atoms with Gasteiger partial charge in [0.15, 0.2) is 0 Å². The van der Waals surface area contributed by atoms with Crippen LogP contribution >= 0.6 is 0 Å². The van der Waals surface area contributed by atoms with Crippen molar-refractivity contribution >= 4 is 22.0 Å². The molecule has 0 spiro atoms. The van der Waals surface area contributed by atoms with Gasteiger partial charge in [-0.1, -0.05) is 18.2 Å². The summed E-state index contributed by atoms with van der Waals surface area (Å²) < 4.78 is 30.1. The van der Waals surface area contributed by atoms with Gasteiger partial charge in [0.1, 0.15) is 6.54 Å². The van der Waals surface area contributed by atoms with Crippen LogP contribution in [0.4, 0.5) is 0 Å². The van der Waals surface area contributed by atoms with Gasteiger partial charge in [-0.15, -0.1) is 0 Å². The summed E-state index contributed by atoms with van der Waals surface area (Å²) >= 11 is 0. The highest BCUT2D eigenvalue weighted by molar-refractivity contribution is 7.85. The van der Waals surface area contributed by atoms with Crippen LogP contribution in [0, 0.1) is 6.92 Å². The smallest absolute Gasteiger partial charge is 0.323 e. The summed E-state index contributed by atoms with van der Waals surface area (Å²) in [6.07, 6.45) is 0. The number of hydrogen-bond donors (Lipinski definition) is 2. The zero-order valence-corrected chi connectivity index (χ0v) is 11.6. The Bertz CT molecular complexity index is 610. The number of amides is 1. The molecule has 0 aliphatic carbocycles. The Morgan fingerprint density at radius 1 is 1.25 bits per heavy atom. The van der Waals surface area contributed by atoms with E-state index in [1.807, 2.05) is 0 Å². The normalized spacial score (nSPS) is 11.1. The lowest BCUT2D eigenvalue weighted by molar-refractivity contribution is -0.137. The van der Waals surface area contributed by atoms with Crippen molar-refractivity contribution in [3.8, 4) is 0 Å². The van der Waals surface area contributed by atoms with E-state index in [-0.39, 0.29) is 0 Å². The first-order chi connectivity index (χ1) is 9.20. The molecule has 1 rings (SSSR count). The molecule has 20 heavy (non-hydrogen) atoms. The number of hydrogen-bond acceptors (Lipinski definition) is 4. The maximum absolute atomic E-state index is 12.2. The van der Waals surface area contributed by atoms with Crippen LogP contribution in [0.2, 0.25) is 0 Å². The van der Waals surface area contributed by atoms with Gasteiger partial charge in [0.25, 0.3) is 16.0 Å². The standard InChI is InChI=1S/C12H15NO6S/c1-9-4-2-3-5-10(9)12(16)13(8-11(14)15)6-7-20(17,18)19/h2-5H,6-8H2,1H3,(H,14,15)(H,17,18,19). The summed E-state index contributed by atoms with van der Waals surface area (Å²) in [5.41, 5.74) is 0.948. The van der Waals surface area contributed by atoms with Crippen LogP contribution in [-0.4, -0.2) is 53.7 Å². The van der Waals surface area contributed by atoms with Crippen LogP contribution in [0.5, 0.6) is 0 Å². The first-order valence-electron chi connectivity index (χ1n) is 5.72. The molecule has 0 atom stereocenters. The van der Waals surface area contributed by atoms with Crippen LogP contribution in [0.25, 0.3) is 0 Å². The van der Waals surface area contributed by atoms with E-state index in [1.54, 1.807) is 25.1 Å². The number of carboxylic acid groups (broad SMARTS) is 1. The average molecular weight is 301 g/mol. The Morgan fingerprint density at radius 3 is 2.35 bits per heavy atom. The van der Waals surface area contributed by atoms with Crippen molar-refractivity contribution in [1.29, 1.82) is 0 Å². The number of carboxylic acids is 1. The highest BCUT2D eigenvalue weighted by Crippen LogP contribution is 2.10. The summed E-state index contributed by atoms with van der Waals surface area (Å²) in [7, 11) is -4.27. The van der Waals surface area contributed by atoms with Crippen molar-refractivity contribution in [3.63, 3.8) is 0 Å². The van der Waals surface area contributed by atoms with Gasteiger partial charge < -0.3 is 10.0 Å². The summed E-state index contributed by atoms with van der Waals surface area (Å²) in [5, 5.41) is 8.77. The molecule has 1 aromatic rings. The lowest BCUT2D eigenvalue weighted by Crippen LogP contribution is -2.39. The van der Waals surface area contributed by atoms with Crippen molar-refractivity contribution in [2.45, 2.75) is 6.92 Å². The van der Waals surface area contributed by atoms with Crippen molar-refractivity contribution in [3.05, 3.63) is 35.4 Å². The molecule has 0 aliphatic heterocycles. The molecule has 0 fully saturated rings. The molecular formula is C12H15NO6S. The Labute approximate surface area is 116 Å². The number of nitrogens with zero attached hydrogens (tertiary/aromatic N) is 1. The van der Waals surface area contributed by atoms with Gasteiger partial charge in [-0.2, -0.15) is 8.42 Å². The molecule has 7 nitrogen and oxygen atoms in total. The number of rotatable bonds is 6. The lowest BCUT2D eigenvalue weighted by atomic mass is 10.1. The molecule has 0 radical (unpaired) electrons. The SMILES string of the molecule is Cc1ccccc1C(=O)N(CCS(=O)(=O)O)CC(=O)O. The fourth-order valence-corrected chi connectivity index (χ4v) is 2.08. The summed E-state index contributed by atoms with van der Waals surface area (Å²) in [4.78, 5) is 23.8. The number of aryl methyl sites for hydroxylation is 1. The van der Waals surface area contributed by atoms with Crippen molar-refractivity contribution < 1.29 is 27.7 Å². The molecule has 8 heteroatoms. The third kappa shape index (κ3) is 4.98. The molecule has 2 N–H and O–H groups in total. The minimum absolute atomic E-state index is 0.295. The van der Waals surface area contributed by atoms with E-state index in [2.05, 4.69) is 0 Å². The van der Waals surface area contributed by atoms with Gasteiger partial charge in [-0.3, -0.25) is 14.1 Å². The molecule has 1 aromatic carbocycles. The predicted molar refractivity (Wildman–Crippen MR) is 71.1 cm³/mol. The van der Waals surface area contributed by atoms with E-state index in [0.29, 0.717) is 11.1 Å². The van der Waals surface area contributed by atoms with Crippen LogP contribution in [0.15, 0.2) is 24.3 Å². The van der Waals surface area contributed by atoms with Gasteiger partial charge in [-0.25, -0.2) is 0 Å². The predicted octanol–water partition coefficient (Wildman–Crippen LogP) is 0.410. The summed E-state index contributed by atoms with van der Waals surface area (Å²) in [6, 6.07) is 6.57. The molecule has 0 unspecified atom stereocenters. The fraction of sp³-hybridized carbons (Fsp3) is 0.333. The van der Waals surface area contributed by atoms with E-state index in [4.69, 9.17) is 9.66 Å². The van der Waals surface area contributed by atoms with Crippen molar-refractivity contribution in [1.82, 2.24) is 4.90 Å². The van der Waals surface area contributed by atoms with Crippen LogP contribution in [0.1, 0.15) is 15.9 Å². The molecule has 0 saturated carbocycles. The molecule has 0 aliphatic rings. The van der Waals surface area contributed by atoms with Crippen molar-refractivity contribution in [2.75, 3.05) is 18.8 Å². The maximum Gasteiger partial charge on any atom is 0.323 e. The monoisotopic (exact) mass is 301 g/mol. The van der Waals surface area contributed by atoms with Crippen LogP contribution in [0.3, 0.4) is 0 Å². The molecule has 1 amide bonds. The van der Waals surface area contributed by atoms with Crippen LogP contribution in [-0.2, 0) is 14.9 Å². The van der Waals surface area contributed by atoms with Gasteiger partial charge in [0.05, 0.1) is 5.75 Å². The van der Waals surface area contributed by atoms with E-state index in [9.17, 15) is 18.0 Å². The molecule has 0 heterocycles. The number of carbonyl (C=O) groups excluding carboxylic acids is 1. The largest absolute Gasteiger partial charge is 0.480 e.